The van der Waals surface area contributed by atoms with E-state index in [1.807, 2.05) is 13.8 Å². The Morgan fingerprint density at radius 3 is 2.61 bits per heavy atom. The highest BCUT2D eigenvalue weighted by atomic mass is 32.1. The largest absolute Gasteiger partial charge is 0.480 e. The maximum atomic E-state index is 10.9. The van der Waals surface area contributed by atoms with Gasteiger partial charge in [-0.15, -0.1) is 11.3 Å². The van der Waals surface area contributed by atoms with E-state index in [4.69, 9.17) is 5.11 Å². The zero-order valence-electron chi connectivity index (χ0n) is 10.7. The van der Waals surface area contributed by atoms with Crippen LogP contribution in [0.1, 0.15) is 23.2 Å². The van der Waals surface area contributed by atoms with Crippen molar-refractivity contribution in [2.75, 3.05) is 5.32 Å². The lowest BCUT2D eigenvalue weighted by atomic mass is 10.2. The van der Waals surface area contributed by atoms with Crippen LogP contribution < -0.4 is 5.32 Å². The lowest BCUT2D eigenvalue weighted by molar-refractivity contribution is -0.137. The van der Waals surface area contributed by atoms with Crippen LogP contribution in [0.25, 0.3) is 10.2 Å². The molecule has 2 heterocycles. The van der Waals surface area contributed by atoms with Crippen LogP contribution in [0.5, 0.6) is 0 Å². The van der Waals surface area contributed by atoms with Crippen molar-refractivity contribution in [3.05, 3.63) is 16.3 Å². The van der Waals surface area contributed by atoms with Gasteiger partial charge in [-0.1, -0.05) is 0 Å². The summed E-state index contributed by atoms with van der Waals surface area (Å²) < 4.78 is 0. The van der Waals surface area contributed by atoms with E-state index in [1.165, 1.54) is 4.88 Å². The molecule has 2 N–H and O–H groups in total. The Bertz CT molecular complexity index is 621. The van der Waals surface area contributed by atoms with E-state index in [2.05, 4.69) is 15.3 Å². The second-order valence-corrected chi connectivity index (χ2v) is 5.49. The zero-order valence-corrected chi connectivity index (χ0v) is 11.6. The van der Waals surface area contributed by atoms with Crippen LogP contribution in [-0.2, 0) is 4.79 Å². The monoisotopic (exact) mass is 265 g/mol. The van der Waals surface area contributed by atoms with Gasteiger partial charge in [0, 0.05) is 4.88 Å². The van der Waals surface area contributed by atoms with Gasteiger partial charge in [-0.2, -0.15) is 0 Å². The maximum Gasteiger partial charge on any atom is 0.325 e. The summed E-state index contributed by atoms with van der Waals surface area (Å²) in [5, 5.41) is 12.8. The normalized spacial score (nSPS) is 12.7. The molecule has 0 saturated heterocycles. The minimum absolute atomic E-state index is 0.606. The van der Waals surface area contributed by atoms with Crippen molar-refractivity contribution < 1.29 is 9.90 Å². The quantitative estimate of drug-likeness (QED) is 0.891. The summed E-state index contributed by atoms with van der Waals surface area (Å²) in [4.78, 5) is 21.7. The summed E-state index contributed by atoms with van der Waals surface area (Å²) in [5.74, 6) is 0.349. The summed E-state index contributed by atoms with van der Waals surface area (Å²) >= 11 is 1.60. The Morgan fingerprint density at radius 1 is 1.33 bits per heavy atom. The molecule has 0 fully saturated rings. The number of nitrogens with zero attached hydrogens (tertiary/aromatic N) is 2. The third-order valence-electron chi connectivity index (χ3n) is 2.86. The smallest absolute Gasteiger partial charge is 0.325 e. The van der Waals surface area contributed by atoms with Crippen LogP contribution in [0, 0.1) is 20.8 Å². The van der Waals surface area contributed by atoms with Gasteiger partial charge in [-0.3, -0.25) is 4.79 Å². The van der Waals surface area contributed by atoms with Gasteiger partial charge in [0.25, 0.3) is 0 Å². The molecule has 2 aromatic rings. The Kier molecular flexibility index (Phi) is 3.21. The highest BCUT2D eigenvalue weighted by Crippen LogP contribution is 2.33. The first-order valence-electron chi connectivity index (χ1n) is 5.64. The third kappa shape index (κ3) is 2.15. The minimum atomic E-state index is -0.899. The number of aliphatic carboxylic acids is 1. The fraction of sp³-hybridized carbons (Fsp3) is 0.417. The van der Waals surface area contributed by atoms with Crippen LogP contribution in [0.2, 0.25) is 0 Å². The molecule has 1 atom stereocenters. The van der Waals surface area contributed by atoms with Crippen molar-refractivity contribution in [3.8, 4) is 0 Å². The van der Waals surface area contributed by atoms with Gasteiger partial charge in [-0.25, -0.2) is 9.97 Å². The predicted octanol–water partition coefficient (Wildman–Crippen LogP) is 2.50. The summed E-state index contributed by atoms with van der Waals surface area (Å²) in [7, 11) is 0. The molecule has 0 unspecified atom stereocenters. The number of carboxylic acids is 1. The Labute approximate surface area is 109 Å². The van der Waals surface area contributed by atoms with Gasteiger partial charge in [0.2, 0.25) is 0 Å². The molecule has 5 nitrogen and oxygen atoms in total. The van der Waals surface area contributed by atoms with Crippen molar-refractivity contribution >= 4 is 33.3 Å². The maximum absolute atomic E-state index is 10.9. The molecule has 0 spiro atoms. The van der Waals surface area contributed by atoms with Crippen LogP contribution in [0.4, 0.5) is 5.82 Å². The highest BCUT2D eigenvalue weighted by Gasteiger charge is 2.17. The van der Waals surface area contributed by atoms with E-state index in [0.29, 0.717) is 11.6 Å². The standard InChI is InChI=1S/C12H15N3O2S/c1-5-7(3)18-11-9(5)10(14-8(4)15-11)13-6(2)12(16)17/h6H,1-4H3,(H,16,17)(H,13,14,15)/t6-/m1/s1. The fourth-order valence-electron chi connectivity index (χ4n) is 1.73. The van der Waals surface area contributed by atoms with Crippen LogP contribution in [-0.4, -0.2) is 27.1 Å². The fourth-order valence-corrected chi connectivity index (χ4v) is 2.80. The minimum Gasteiger partial charge on any atom is -0.480 e. The van der Waals surface area contributed by atoms with Crippen molar-refractivity contribution in [3.63, 3.8) is 0 Å². The molecule has 0 aliphatic rings. The molecular formula is C12H15N3O2S. The number of hydrogen-bond acceptors (Lipinski definition) is 5. The molecule has 0 aliphatic heterocycles. The van der Waals surface area contributed by atoms with Gasteiger partial charge < -0.3 is 10.4 Å². The number of hydrogen-bond donors (Lipinski definition) is 2. The van der Waals surface area contributed by atoms with Gasteiger partial charge in [0.05, 0.1) is 5.39 Å². The number of carboxylic acid groups (broad SMARTS) is 1. The van der Waals surface area contributed by atoms with Crippen molar-refractivity contribution in [2.24, 2.45) is 0 Å². The Balaban J connectivity index is 2.58. The van der Waals surface area contributed by atoms with E-state index in [-0.39, 0.29) is 0 Å². The number of anilines is 1. The average molecular weight is 265 g/mol. The average Bonchev–Trinajstić information content (AvgIpc) is 2.54. The van der Waals surface area contributed by atoms with Crippen molar-refractivity contribution in [2.45, 2.75) is 33.7 Å². The van der Waals surface area contributed by atoms with Crippen molar-refractivity contribution in [1.29, 1.82) is 0 Å². The van der Waals surface area contributed by atoms with Gasteiger partial charge in [0.1, 0.15) is 22.5 Å². The summed E-state index contributed by atoms with van der Waals surface area (Å²) in [6, 6.07) is -0.679. The van der Waals surface area contributed by atoms with Gasteiger partial charge in [-0.05, 0) is 33.3 Å². The number of aryl methyl sites for hydroxylation is 3. The lowest BCUT2D eigenvalue weighted by Crippen LogP contribution is -2.26. The second kappa shape index (κ2) is 4.53. The molecule has 2 aromatic heterocycles. The SMILES string of the molecule is Cc1nc(N[C@H](C)C(=O)O)c2c(C)c(C)sc2n1. The van der Waals surface area contributed by atoms with E-state index >= 15 is 0 Å². The molecule has 96 valence electrons. The molecule has 0 amide bonds. The summed E-state index contributed by atoms with van der Waals surface area (Å²) in [6.45, 7) is 7.44. The first kappa shape index (κ1) is 12.8. The lowest BCUT2D eigenvalue weighted by Gasteiger charge is -2.11. The number of rotatable bonds is 3. The molecular weight excluding hydrogens is 250 g/mol. The van der Waals surface area contributed by atoms with E-state index in [0.717, 1.165) is 15.8 Å². The number of fused-ring (bicyclic) bond motifs is 1. The molecule has 0 radical (unpaired) electrons. The zero-order chi connectivity index (χ0) is 13.4. The molecule has 0 saturated carbocycles. The second-order valence-electron chi connectivity index (χ2n) is 4.29. The summed E-state index contributed by atoms with van der Waals surface area (Å²) in [6.07, 6.45) is 0. The third-order valence-corrected chi connectivity index (χ3v) is 3.97. The molecule has 0 bridgehead atoms. The topological polar surface area (TPSA) is 75.1 Å². The van der Waals surface area contributed by atoms with Gasteiger partial charge >= 0.3 is 5.97 Å². The number of carbonyl (C=O) groups is 1. The van der Waals surface area contributed by atoms with E-state index < -0.39 is 12.0 Å². The predicted molar refractivity (Wildman–Crippen MR) is 72.3 cm³/mol. The Hall–Kier alpha value is -1.69. The molecule has 0 aromatic carbocycles. The van der Waals surface area contributed by atoms with Crippen LogP contribution in [0.15, 0.2) is 0 Å². The summed E-state index contributed by atoms with van der Waals surface area (Å²) in [5.41, 5.74) is 1.11. The molecule has 0 aliphatic carbocycles. The number of aromatic nitrogens is 2. The van der Waals surface area contributed by atoms with E-state index in [9.17, 15) is 4.79 Å². The van der Waals surface area contributed by atoms with Crippen LogP contribution >= 0.6 is 11.3 Å². The first-order valence-corrected chi connectivity index (χ1v) is 6.45. The van der Waals surface area contributed by atoms with Gasteiger partial charge in [0.15, 0.2) is 0 Å². The Morgan fingerprint density at radius 2 is 2.00 bits per heavy atom. The molecule has 2 rings (SSSR count). The molecule has 6 heteroatoms. The highest BCUT2D eigenvalue weighted by molar-refractivity contribution is 7.18. The van der Waals surface area contributed by atoms with Crippen LogP contribution in [0.3, 0.4) is 0 Å². The first-order chi connectivity index (χ1) is 8.40. The van der Waals surface area contributed by atoms with Crippen molar-refractivity contribution in [1.82, 2.24) is 9.97 Å². The number of thiophene rings is 1. The number of nitrogens with one attached hydrogen (secondary N) is 1. The molecule has 18 heavy (non-hydrogen) atoms. The van der Waals surface area contributed by atoms with E-state index in [1.54, 1.807) is 25.2 Å².